The van der Waals surface area contributed by atoms with E-state index in [9.17, 15) is 5.11 Å². The molecule has 4 nitrogen and oxygen atoms in total. The van der Waals surface area contributed by atoms with Gasteiger partial charge in [-0.15, -0.1) is 0 Å². The van der Waals surface area contributed by atoms with Crippen molar-refractivity contribution in [2.75, 3.05) is 20.8 Å². The van der Waals surface area contributed by atoms with Gasteiger partial charge in [0.25, 0.3) is 0 Å². The molecule has 1 saturated carbocycles. The Balaban J connectivity index is 1.95. The number of aliphatic hydroxyl groups is 1. The number of ether oxygens (including phenoxy) is 2. The second kappa shape index (κ2) is 6.46. The minimum absolute atomic E-state index is 0.251. The van der Waals surface area contributed by atoms with Gasteiger partial charge in [-0.05, 0) is 30.4 Å². The Hall–Kier alpha value is -0.970. The summed E-state index contributed by atoms with van der Waals surface area (Å²) in [5.41, 5.74) is 0.933. The molecule has 5 heteroatoms. The molecule has 1 aliphatic carbocycles. The van der Waals surface area contributed by atoms with Crippen molar-refractivity contribution >= 4 is 11.6 Å². The quantitative estimate of drug-likeness (QED) is 0.806. The van der Waals surface area contributed by atoms with Gasteiger partial charge in [0.15, 0.2) is 11.5 Å². The molecule has 1 fully saturated rings. The van der Waals surface area contributed by atoms with Gasteiger partial charge in [-0.25, -0.2) is 0 Å². The Bertz CT molecular complexity index is 435. The highest BCUT2D eigenvalue weighted by Gasteiger charge is 2.29. The van der Waals surface area contributed by atoms with Gasteiger partial charge in [-0.1, -0.05) is 17.7 Å². The maximum absolute atomic E-state index is 9.78. The third-order valence-corrected chi connectivity index (χ3v) is 3.81. The highest BCUT2D eigenvalue weighted by molar-refractivity contribution is 6.33. The zero-order chi connectivity index (χ0) is 13.8. The van der Waals surface area contributed by atoms with Crippen molar-refractivity contribution in [2.24, 2.45) is 5.92 Å². The van der Waals surface area contributed by atoms with E-state index in [1.165, 1.54) is 0 Å². The molecular formula is C14H20ClNO3. The molecule has 0 radical (unpaired) electrons. The number of nitrogens with one attached hydrogen (secondary N) is 1. The zero-order valence-corrected chi connectivity index (χ0v) is 12.0. The summed E-state index contributed by atoms with van der Waals surface area (Å²) < 4.78 is 10.4. The van der Waals surface area contributed by atoms with Crippen molar-refractivity contribution in [2.45, 2.75) is 25.5 Å². The van der Waals surface area contributed by atoms with Crippen molar-refractivity contribution in [3.05, 3.63) is 22.7 Å². The highest BCUT2D eigenvalue weighted by atomic mass is 35.5. The van der Waals surface area contributed by atoms with Crippen molar-refractivity contribution in [3.63, 3.8) is 0 Å². The normalized spacial score (nSPS) is 16.2. The van der Waals surface area contributed by atoms with Crippen LogP contribution < -0.4 is 14.8 Å². The fraction of sp³-hybridized carbons (Fsp3) is 0.571. The van der Waals surface area contributed by atoms with Crippen LogP contribution in [-0.4, -0.2) is 32.0 Å². The summed E-state index contributed by atoms with van der Waals surface area (Å²) >= 11 is 6.28. The summed E-state index contributed by atoms with van der Waals surface area (Å²) in [7, 11) is 3.15. The van der Waals surface area contributed by atoms with E-state index in [2.05, 4.69) is 5.32 Å². The largest absolute Gasteiger partial charge is 0.493 e. The lowest BCUT2D eigenvalue weighted by Crippen LogP contribution is -2.27. The van der Waals surface area contributed by atoms with Gasteiger partial charge in [0.2, 0.25) is 0 Å². The van der Waals surface area contributed by atoms with E-state index in [4.69, 9.17) is 21.1 Å². The number of halogens is 1. The number of aliphatic hydroxyl groups excluding tert-OH is 1. The predicted octanol–water partition coefficient (Wildman–Crippen LogP) is 2.22. The summed E-state index contributed by atoms with van der Waals surface area (Å²) in [6.07, 6.45) is 2.03. The highest BCUT2D eigenvalue weighted by Crippen LogP contribution is 2.37. The lowest BCUT2D eigenvalue weighted by atomic mass is 10.2. The summed E-state index contributed by atoms with van der Waals surface area (Å²) in [5.74, 6) is 1.65. The minimum atomic E-state index is -0.251. The van der Waals surface area contributed by atoms with Crippen LogP contribution in [0.15, 0.2) is 12.1 Å². The molecular weight excluding hydrogens is 266 g/mol. The Morgan fingerprint density at radius 1 is 1.37 bits per heavy atom. The van der Waals surface area contributed by atoms with Crippen molar-refractivity contribution < 1.29 is 14.6 Å². The van der Waals surface area contributed by atoms with Crippen molar-refractivity contribution in [3.8, 4) is 11.5 Å². The molecule has 1 unspecified atom stereocenters. The van der Waals surface area contributed by atoms with E-state index in [-0.39, 0.29) is 6.10 Å². The van der Waals surface area contributed by atoms with Crippen LogP contribution in [0.2, 0.25) is 5.02 Å². The number of rotatable bonds is 7. The molecule has 0 heterocycles. The molecule has 1 atom stereocenters. The van der Waals surface area contributed by atoms with Gasteiger partial charge in [0.05, 0.1) is 25.3 Å². The molecule has 0 aromatic heterocycles. The smallest absolute Gasteiger partial charge is 0.179 e. The van der Waals surface area contributed by atoms with E-state index in [0.29, 0.717) is 35.5 Å². The van der Waals surface area contributed by atoms with E-state index in [1.807, 2.05) is 12.1 Å². The average molecular weight is 286 g/mol. The first kappa shape index (κ1) is 14.4. The van der Waals surface area contributed by atoms with Crippen LogP contribution in [0.5, 0.6) is 11.5 Å². The van der Waals surface area contributed by atoms with E-state index in [0.717, 1.165) is 18.4 Å². The third kappa shape index (κ3) is 3.53. The standard InChI is InChI=1S/C14H20ClNO3/c1-18-12-6-5-10(13(15)14(12)19-2)7-16-8-11(17)9-3-4-9/h5-6,9,11,16-17H,3-4,7-8H2,1-2H3. The van der Waals surface area contributed by atoms with Gasteiger partial charge < -0.3 is 19.9 Å². The predicted molar refractivity (Wildman–Crippen MR) is 75.0 cm³/mol. The van der Waals surface area contributed by atoms with Crippen LogP contribution in [0.1, 0.15) is 18.4 Å². The van der Waals surface area contributed by atoms with Crippen LogP contribution in [0, 0.1) is 5.92 Å². The van der Waals surface area contributed by atoms with Crippen LogP contribution in [0.3, 0.4) is 0 Å². The zero-order valence-electron chi connectivity index (χ0n) is 11.3. The van der Waals surface area contributed by atoms with Crippen molar-refractivity contribution in [1.82, 2.24) is 5.32 Å². The minimum Gasteiger partial charge on any atom is -0.493 e. The first-order chi connectivity index (χ1) is 9.17. The van der Waals surface area contributed by atoms with Crippen LogP contribution >= 0.6 is 11.6 Å². The first-order valence-corrected chi connectivity index (χ1v) is 6.83. The summed E-state index contributed by atoms with van der Waals surface area (Å²) in [6.45, 7) is 1.19. The molecule has 0 spiro atoms. The molecule has 1 aliphatic rings. The van der Waals surface area contributed by atoms with Gasteiger partial charge in [-0.2, -0.15) is 0 Å². The Morgan fingerprint density at radius 3 is 2.68 bits per heavy atom. The SMILES string of the molecule is COc1ccc(CNCC(O)C2CC2)c(Cl)c1OC. The lowest BCUT2D eigenvalue weighted by Gasteiger charge is -2.14. The van der Waals surface area contributed by atoms with E-state index < -0.39 is 0 Å². The number of hydrogen-bond acceptors (Lipinski definition) is 4. The monoisotopic (exact) mass is 285 g/mol. The van der Waals surface area contributed by atoms with Crippen molar-refractivity contribution in [1.29, 1.82) is 0 Å². The van der Waals surface area contributed by atoms with Gasteiger partial charge in [0.1, 0.15) is 0 Å². The van der Waals surface area contributed by atoms with Crippen LogP contribution in [0.4, 0.5) is 0 Å². The summed E-state index contributed by atoms with van der Waals surface area (Å²) in [4.78, 5) is 0. The molecule has 19 heavy (non-hydrogen) atoms. The molecule has 0 saturated heterocycles. The maximum Gasteiger partial charge on any atom is 0.179 e. The second-order valence-electron chi connectivity index (χ2n) is 4.81. The molecule has 106 valence electrons. The molecule has 0 amide bonds. The molecule has 0 bridgehead atoms. The Morgan fingerprint density at radius 2 is 2.11 bits per heavy atom. The fourth-order valence-electron chi connectivity index (χ4n) is 2.07. The van der Waals surface area contributed by atoms with E-state index >= 15 is 0 Å². The number of methoxy groups -OCH3 is 2. The van der Waals surface area contributed by atoms with Gasteiger partial charge in [0, 0.05) is 13.1 Å². The number of hydrogen-bond donors (Lipinski definition) is 2. The maximum atomic E-state index is 9.78. The van der Waals surface area contributed by atoms with Crippen LogP contribution in [-0.2, 0) is 6.54 Å². The lowest BCUT2D eigenvalue weighted by molar-refractivity contribution is 0.148. The Kier molecular flexibility index (Phi) is 4.91. The molecule has 2 N–H and O–H groups in total. The summed E-state index contributed by atoms with van der Waals surface area (Å²) in [5, 5.41) is 13.6. The average Bonchev–Trinajstić information content (AvgIpc) is 3.24. The first-order valence-electron chi connectivity index (χ1n) is 6.45. The van der Waals surface area contributed by atoms with E-state index in [1.54, 1.807) is 14.2 Å². The summed E-state index contributed by atoms with van der Waals surface area (Å²) in [6, 6.07) is 3.74. The Labute approximate surface area is 118 Å². The molecule has 2 rings (SSSR count). The second-order valence-corrected chi connectivity index (χ2v) is 5.19. The van der Waals surface area contributed by atoms with Gasteiger partial charge >= 0.3 is 0 Å². The van der Waals surface area contributed by atoms with Crippen LogP contribution in [0.25, 0.3) is 0 Å². The van der Waals surface area contributed by atoms with Gasteiger partial charge in [-0.3, -0.25) is 0 Å². The molecule has 1 aromatic carbocycles. The fourth-order valence-corrected chi connectivity index (χ4v) is 2.37. The topological polar surface area (TPSA) is 50.7 Å². The molecule has 1 aromatic rings. The number of benzene rings is 1. The third-order valence-electron chi connectivity index (χ3n) is 3.40. The molecule has 0 aliphatic heterocycles.